The number of nitriles is 1. The third-order valence-electron chi connectivity index (χ3n) is 7.55. The summed E-state index contributed by atoms with van der Waals surface area (Å²) in [5.74, 6) is 3.27. The van der Waals surface area contributed by atoms with Gasteiger partial charge in [0.05, 0.1) is 31.4 Å². The van der Waals surface area contributed by atoms with Crippen molar-refractivity contribution in [3.05, 3.63) is 24.3 Å². The number of nitrogens with two attached hydrogens (primary N) is 1. The number of hydrogen-bond acceptors (Lipinski definition) is 10. The van der Waals surface area contributed by atoms with Gasteiger partial charge >= 0.3 is 6.01 Å². The monoisotopic (exact) mass is 491 g/mol. The van der Waals surface area contributed by atoms with Gasteiger partial charge in [-0.05, 0) is 49.9 Å². The van der Waals surface area contributed by atoms with E-state index in [-0.39, 0.29) is 23.6 Å². The van der Waals surface area contributed by atoms with E-state index in [2.05, 4.69) is 37.8 Å². The minimum absolute atomic E-state index is 0.0372. The first-order chi connectivity index (χ1) is 17.5. The lowest BCUT2D eigenvalue weighted by Crippen LogP contribution is -2.36. The third-order valence-corrected chi connectivity index (χ3v) is 7.55. The van der Waals surface area contributed by atoms with Crippen LogP contribution in [0.1, 0.15) is 55.9 Å². The van der Waals surface area contributed by atoms with Gasteiger partial charge in [0, 0.05) is 31.5 Å². The highest BCUT2D eigenvalue weighted by Gasteiger charge is 2.38. The summed E-state index contributed by atoms with van der Waals surface area (Å²) in [6.45, 7) is 4.67. The highest BCUT2D eigenvalue weighted by molar-refractivity contribution is 5.95. The Morgan fingerprint density at radius 1 is 1.22 bits per heavy atom. The number of ketones is 1. The molecule has 0 spiro atoms. The topological polar surface area (TPSA) is 140 Å². The van der Waals surface area contributed by atoms with Crippen LogP contribution in [0.2, 0.25) is 0 Å². The van der Waals surface area contributed by atoms with E-state index in [0.29, 0.717) is 54.6 Å². The van der Waals surface area contributed by atoms with Gasteiger partial charge in [-0.25, -0.2) is 9.97 Å². The van der Waals surface area contributed by atoms with Crippen LogP contribution < -0.4 is 20.1 Å². The summed E-state index contributed by atoms with van der Waals surface area (Å²) in [5, 5.41) is 9.07. The van der Waals surface area contributed by atoms with Crippen LogP contribution in [0.3, 0.4) is 0 Å². The van der Waals surface area contributed by atoms with Crippen molar-refractivity contribution in [2.45, 2.75) is 45.4 Å². The van der Waals surface area contributed by atoms with Crippen molar-refractivity contribution in [3.8, 4) is 17.8 Å². The lowest BCUT2D eigenvalue weighted by Gasteiger charge is -2.32. The Morgan fingerprint density at radius 2 is 2.03 bits per heavy atom. The molecule has 36 heavy (non-hydrogen) atoms. The molecular formula is C26H33N7O3. The van der Waals surface area contributed by atoms with Crippen molar-refractivity contribution >= 4 is 17.4 Å². The minimum atomic E-state index is 0.0372. The van der Waals surface area contributed by atoms with Crippen LogP contribution in [-0.4, -0.2) is 52.0 Å². The number of ether oxygens (including phenoxy) is 2. The molecule has 0 amide bonds. The minimum Gasteiger partial charge on any atom is -0.488 e. The molecule has 3 heterocycles. The lowest BCUT2D eigenvalue weighted by atomic mass is 9.97. The zero-order valence-corrected chi connectivity index (χ0v) is 20.7. The number of carbonyl (C=O) groups is 1. The Hall–Kier alpha value is -3.48. The van der Waals surface area contributed by atoms with E-state index in [9.17, 15) is 4.79 Å². The maximum Gasteiger partial charge on any atom is 0.319 e. The summed E-state index contributed by atoms with van der Waals surface area (Å²) in [6.07, 6.45) is 8.58. The number of anilines is 2. The van der Waals surface area contributed by atoms with Gasteiger partial charge in [-0.1, -0.05) is 6.92 Å². The van der Waals surface area contributed by atoms with Crippen LogP contribution in [0.4, 0.5) is 11.6 Å². The molecule has 2 saturated carbocycles. The molecule has 0 bridgehead atoms. The van der Waals surface area contributed by atoms with E-state index < -0.39 is 0 Å². The Labute approximate surface area is 211 Å². The van der Waals surface area contributed by atoms with Crippen LogP contribution in [0.25, 0.3) is 0 Å². The molecule has 1 saturated heterocycles. The molecule has 190 valence electrons. The van der Waals surface area contributed by atoms with Crippen molar-refractivity contribution in [1.82, 2.24) is 19.9 Å². The Bertz CT molecular complexity index is 1120. The summed E-state index contributed by atoms with van der Waals surface area (Å²) in [4.78, 5) is 32.3. The van der Waals surface area contributed by atoms with Crippen LogP contribution in [0.15, 0.2) is 18.6 Å². The van der Waals surface area contributed by atoms with E-state index in [0.717, 1.165) is 38.2 Å². The van der Waals surface area contributed by atoms with E-state index in [1.807, 2.05) is 6.07 Å². The van der Waals surface area contributed by atoms with Crippen LogP contribution in [0, 0.1) is 40.9 Å². The average Bonchev–Trinajstić information content (AvgIpc) is 3.82. The first-order valence-corrected chi connectivity index (χ1v) is 12.9. The maximum absolute atomic E-state index is 13.1. The Balaban J connectivity index is 1.23. The molecule has 10 nitrogen and oxygen atoms in total. The molecular weight excluding hydrogens is 458 g/mol. The molecule has 2 aliphatic carbocycles. The second kappa shape index (κ2) is 10.6. The van der Waals surface area contributed by atoms with Gasteiger partial charge in [-0.3, -0.25) is 4.79 Å². The number of rotatable bonds is 11. The van der Waals surface area contributed by atoms with Crippen molar-refractivity contribution in [3.63, 3.8) is 0 Å². The number of nitrogens with zero attached hydrogens (tertiary/aromatic N) is 6. The lowest BCUT2D eigenvalue weighted by molar-refractivity contribution is 0.0953. The third kappa shape index (κ3) is 6.01. The molecule has 1 unspecified atom stereocenters. The van der Waals surface area contributed by atoms with Gasteiger partial charge in [0.1, 0.15) is 17.8 Å². The molecule has 3 aliphatic rings. The summed E-state index contributed by atoms with van der Waals surface area (Å²) in [5.41, 5.74) is 6.26. The molecule has 3 atom stereocenters. The van der Waals surface area contributed by atoms with Gasteiger partial charge in [0.2, 0.25) is 0 Å². The molecule has 0 aromatic carbocycles. The SMILES string of the molecule is CC(CC(=O)c1cc(N2CCC(COc3cncnc3N)CC2)nc(OC[C@H]2C[C@H]2C#N)n1)C1CC1. The van der Waals surface area contributed by atoms with Gasteiger partial charge in [-0.15, -0.1) is 0 Å². The molecule has 2 aromatic heterocycles. The summed E-state index contributed by atoms with van der Waals surface area (Å²) >= 11 is 0. The Morgan fingerprint density at radius 3 is 2.72 bits per heavy atom. The molecule has 1 aliphatic heterocycles. The largest absolute Gasteiger partial charge is 0.488 e. The summed E-state index contributed by atoms with van der Waals surface area (Å²) < 4.78 is 11.7. The number of aromatic nitrogens is 4. The molecule has 5 rings (SSSR count). The first kappa shape index (κ1) is 24.2. The van der Waals surface area contributed by atoms with Crippen molar-refractivity contribution in [2.75, 3.05) is 36.9 Å². The molecule has 0 radical (unpaired) electrons. The number of carbonyl (C=O) groups excluding carboxylic acids is 1. The quantitative estimate of drug-likeness (QED) is 0.465. The van der Waals surface area contributed by atoms with E-state index >= 15 is 0 Å². The second-order valence-electron chi connectivity index (χ2n) is 10.4. The van der Waals surface area contributed by atoms with Crippen molar-refractivity contribution in [2.24, 2.45) is 29.6 Å². The van der Waals surface area contributed by atoms with Crippen molar-refractivity contribution < 1.29 is 14.3 Å². The summed E-state index contributed by atoms with van der Waals surface area (Å²) in [7, 11) is 0. The highest BCUT2D eigenvalue weighted by Crippen LogP contribution is 2.39. The fourth-order valence-electron chi connectivity index (χ4n) is 4.76. The van der Waals surface area contributed by atoms with Gasteiger partial charge in [-0.2, -0.15) is 15.2 Å². The van der Waals surface area contributed by atoms with Gasteiger partial charge in [0.15, 0.2) is 17.4 Å². The smallest absolute Gasteiger partial charge is 0.319 e. The zero-order valence-electron chi connectivity index (χ0n) is 20.7. The fourth-order valence-corrected chi connectivity index (χ4v) is 4.76. The predicted octanol–water partition coefficient (Wildman–Crippen LogP) is 3.30. The first-order valence-electron chi connectivity index (χ1n) is 12.9. The molecule has 2 N–H and O–H groups in total. The second-order valence-corrected chi connectivity index (χ2v) is 10.4. The van der Waals surface area contributed by atoms with Crippen LogP contribution in [0.5, 0.6) is 11.8 Å². The molecule has 3 fully saturated rings. The standard InChI is InChI=1S/C26H33N7O3/c1-16(18-2-3-18)8-22(34)21-10-24(32-26(31-21)36-14-20-9-19(20)11-27)33-6-4-17(5-7-33)13-35-23-12-29-15-30-25(23)28/h10,12,15-20H,2-9,13-14H2,1H3,(H2,28,29,30)/t16?,19-,20+/m0/s1. The van der Waals surface area contributed by atoms with Crippen molar-refractivity contribution in [1.29, 1.82) is 5.26 Å². The van der Waals surface area contributed by atoms with E-state index in [1.54, 1.807) is 6.20 Å². The van der Waals surface area contributed by atoms with E-state index in [1.165, 1.54) is 19.2 Å². The van der Waals surface area contributed by atoms with Gasteiger partial charge < -0.3 is 20.1 Å². The number of Topliss-reactive ketones (excluding diaryl/α,β-unsaturated/α-hetero) is 1. The fraction of sp³-hybridized carbons (Fsp3) is 0.615. The molecule has 10 heteroatoms. The normalized spacial score (nSPS) is 22.5. The van der Waals surface area contributed by atoms with E-state index in [4.69, 9.17) is 20.5 Å². The van der Waals surface area contributed by atoms with Gasteiger partial charge in [0.25, 0.3) is 0 Å². The number of hydrogen-bond donors (Lipinski definition) is 1. The van der Waals surface area contributed by atoms with Crippen LogP contribution >= 0.6 is 0 Å². The zero-order chi connectivity index (χ0) is 25.1. The average molecular weight is 492 g/mol. The Kier molecular flexibility index (Phi) is 7.16. The predicted molar refractivity (Wildman–Crippen MR) is 132 cm³/mol. The summed E-state index contributed by atoms with van der Waals surface area (Å²) in [6, 6.07) is 4.31. The van der Waals surface area contributed by atoms with Crippen LogP contribution in [-0.2, 0) is 0 Å². The number of nitrogen functional groups attached to an aromatic ring is 1. The molecule has 2 aromatic rings. The number of piperidine rings is 1. The highest BCUT2D eigenvalue weighted by atomic mass is 16.5. The maximum atomic E-state index is 13.1.